The summed E-state index contributed by atoms with van der Waals surface area (Å²) in [5.41, 5.74) is 1.41. The molecule has 0 bridgehead atoms. The largest absolute Gasteiger partial charge is 0.465 e. The summed E-state index contributed by atoms with van der Waals surface area (Å²) in [5.74, 6) is -0.00306. The molecule has 1 N–H and O–H groups in total. The van der Waals surface area contributed by atoms with Crippen LogP contribution in [0.5, 0.6) is 5.88 Å². The van der Waals surface area contributed by atoms with Crippen molar-refractivity contribution < 1.29 is 14.3 Å². The number of carbonyl (C=O) groups is 2. The number of nitrogens with zero attached hydrogens (tertiary/aromatic N) is 3. The Morgan fingerprint density at radius 2 is 2.07 bits per heavy atom. The molecule has 1 fully saturated rings. The lowest BCUT2D eigenvalue weighted by molar-refractivity contribution is -0.137. The van der Waals surface area contributed by atoms with Gasteiger partial charge in [0.25, 0.3) is 11.8 Å². The third-order valence-electron chi connectivity index (χ3n) is 4.48. The molecule has 3 rings (SSSR count). The fraction of sp³-hybridized carbons (Fsp3) is 0.474. The van der Waals surface area contributed by atoms with E-state index in [9.17, 15) is 9.59 Å². The Labute approximate surface area is 173 Å². The van der Waals surface area contributed by atoms with Crippen molar-refractivity contribution in [3.05, 3.63) is 29.3 Å². The van der Waals surface area contributed by atoms with E-state index in [1.807, 2.05) is 26.0 Å². The normalized spacial score (nSPS) is 16.9. The Balaban J connectivity index is 1.58. The lowest BCUT2D eigenvalue weighted by Crippen LogP contribution is -2.47. The van der Waals surface area contributed by atoms with Crippen LogP contribution in [0.15, 0.2) is 24.3 Å². The molecule has 2 amide bonds. The quantitative estimate of drug-likeness (QED) is 0.773. The van der Waals surface area contributed by atoms with Gasteiger partial charge in [0.05, 0.1) is 17.6 Å². The molecule has 1 atom stereocenters. The number of benzene rings is 1. The van der Waals surface area contributed by atoms with E-state index in [1.54, 1.807) is 17.0 Å². The van der Waals surface area contributed by atoms with Crippen molar-refractivity contribution in [3.8, 4) is 17.1 Å². The standard InChI is InChI=1S/C19H23ClN4O3S/c1-12(2)21-18(26)14-4-3-9-24(10-14)16(25)11-27-19-17(22-28-23-19)13-5-7-15(20)8-6-13/h5-8,12,14H,3-4,9-11H2,1-2H3,(H,21,26). The molecular formula is C19H23ClN4O3S. The fourth-order valence-corrected chi connectivity index (χ4v) is 3.75. The lowest BCUT2D eigenvalue weighted by Gasteiger charge is -2.32. The summed E-state index contributed by atoms with van der Waals surface area (Å²) in [4.78, 5) is 26.5. The van der Waals surface area contributed by atoms with E-state index < -0.39 is 0 Å². The molecule has 0 radical (unpaired) electrons. The predicted molar refractivity (Wildman–Crippen MR) is 108 cm³/mol. The molecule has 0 spiro atoms. The molecule has 9 heteroatoms. The van der Waals surface area contributed by atoms with E-state index >= 15 is 0 Å². The number of hydrogen-bond acceptors (Lipinski definition) is 6. The summed E-state index contributed by atoms with van der Waals surface area (Å²) in [6, 6.07) is 7.28. The van der Waals surface area contributed by atoms with Crippen LogP contribution in [0.3, 0.4) is 0 Å². The second-order valence-corrected chi connectivity index (χ2v) is 8.02. The summed E-state index contributed by atoms with van der Waals surface area (Å²) in [7, 11) is 0. The average molecular weight is 423 g/mol. The van der Waals surface area contributed by atoms with E-state index in [1.165, 1.54) is 0 Å². The number of likely N-dealkylation sites (tertiary alicyclic amines) is 1. The van der Waals surface area contributed by atoms with Gasteiger partial charge < -0.3 is 15.0 Å². The van der Waals surface area contributed by atoms with Crippen molar-refractivity contribution in [3.63, 3.8) is 0 Å². The molecular weight excluding hydrogens is 400 g/mol. The van der Waals surface area contributed by atoms with Crippen LogP contribution in [0.25, 0.3) is 11.3 Å². The first-order chi connectivity index (χ1) is 13.4. The minimum absolute atomic E-state index is 0.00199. The molecule has 1 unspecified atom stereocenters. The first-order valence-corrected chi connectivity index (χ1v) is 10.3. The zero-order valence-corrected chi connectivity index (χ0v) is 17.4. The van der Waals surface area contributed by atoms with Gasteiger partial charge in [0.1, 0.15) is 5.69 Å². The van der Waals surface area contributed by atoms with Gasteiger partial charge in [-0.15, -0.1) is 4.37 Å². The van der Waals surface area contributed by atoms with Crippen LogP contribution in [0.4, 0.5) is 0 Å². The first kappa shape index (κ1) is 20.5. The van der Waals surface area contributed by atoms with Gasteiger partial charge in [-0.05, 0) is 38.8 Å². The number of aromatic nitrogens is 2. The minimum Gasteiger partial charge on any atom is -0.465 e. The summed E-state index contributed by atoms with van der Waals surface area (Å²) in [6.07, 6.45) is 1.59. The van der Waals surface area contributed by atoms with Gasteiger partial charge in [0.2, 0.25) is 5.91 Å². The van der Waals surface area contributed by atoms with Gasteiger partial charge in [0.15, 0.2) is 6.61 Å². The number of halogens is 1. The molecule has 0 aliphatic carbocycles. The lowest BCUT2D eigenvalue weighted by atomic mass is 9.97. The molecule has 7 nitrogen and oxygen atoms in total. The third kappa shape index (κ3) is 5.20. The van der Waals surface area contributed by atoms with Crippen molar-refractivity contribution >= 4 is 35.1 Å². The fourth-order valence-electron chi connectivity index (χ4n) is 3.10. The second-order valence-electron chi connectivity index (χ2n) is 7.06. The SMILES string of the molecule is CC(C)NC(=O)C1CCCN(C(=O)COc2nsnc2-c2ccc(Cl)cc2)C1. The molecule has 1 saturated heterocycles. The van der Waals surface area contributed by atoms with Gasteiger partial charge in [-0.3, -0.25) is 9.59 Å². The molecule has 1 aromatic heterocycles. The zero-order chi connectivity index (χ0) is 20.1. The van der Waals surface area contributed by atoms with Crippen molar-refractivity contribution in [2.75, 3.05) is 19.7 Å². The van der Waals surface area contributed by atoms with E-state index in [-0.39, 0.29) is 30.4 Å². The van der Waals surface area contributed by atoms with Crippen LogP contribution >= 0.6 is 23.3 Å². The molecule has 1 aliphatic rings. The van der Waals surface area contributed by atoms with Gasteiger partial charge in [0, 0.05) is 29.7 Å². The van der Waals surface area contributed by atoms with E-state index in [0.717, 1.165) is 30.1 Å². The molecule has 2 aromatic rings. The highest BCUT2D eigenvalue weighted by Gasteiger charge is 2.29. The summed E-state index contributed by atoms with van der Waals surface area (Å²) in [6.45, 7) is 4.77. The Morgan fingerprint density at radius 1 is 1.32 bits per heavy atom. The van der Waals surface area contributed by atoms with Gasteiger partial charge in [-0.2, -0.15) is 4.37 Å². The smallest absolute Gasteiger partial charge is 0.260 e. The van der Waals surface area contributed by atoms with Gasteiger partial charge >= 0.3 is 0 Å². The van der Waals surface area contributed by atoms with Crippen LogP contribution in [-0.2, 0) is 9.59 Å². The van der Waals surface area contributed by atoms with E-state index in [2.05, 4.69) is 14.1 Å². The summed E-state index contributed by atoms with van der Waals surface area (Å²) >= 11 is 6.95. The zero-order valence-electron chi connectivity index (χ0n) is 15.9. The highest BCUT2D eigenvalue weighted by atomic mass is 35.5. The number of piperidine rings is 1. The minimum atomic E-state index is -0.175. The summed E-state index contributed by atoms with van der Waals surface area (Å²) in [5, 5.41) is 3.55. The molecule has 1 aliphatic heterocycles. The Bertz CT molecular complexity index is 825. The van der Waals surface area contributed by atoms with Gasteiger partial charge in [-0.25, -0.2) is 0 Å². The van der Waals surface area contributed by atoms with Crippen molar-refractivity contribution in [2.45, 2.75) is 32.7 Å². The van der Waals surface area contributed by atoms with E-state index in [4.69, 9.17) is 16.3 Å². The molecule has 0 saturated carbocycles. The third-order valence-corrected chi connectivity index (χ3v) is 5.25. The van der Waals surface area contributed by atoms with Crippen LogP contribution in [-0.4, -0.2) is 51.2 Å². The average Bonchev–Trinajstić information content (AvgIpc) is 3.15. The van der Waals surface area contributed by atoms with Crippen molar-refractivity contribution in [1.82, 2.24) is 19.0 Å². The van der Waals surface area contributed by atoms with Gasteiger partial charge in [-0.1, -0.05) is 23.7 Å². The molecule has 28 heavy (non-hydrogen) atoms. The summed E-state index contributed by atoms with van der Waals surface area (Å²) < 4.78 is 14.1. The molecule has 2 heterocycles. The number of hydrogen-bond donors (Lipinski definition) is 1. The van der Waals surface area contributed by atoms with Crippen LogP contribution in [0, 0.1) is 5.92 Å². The Hall–Kier alpha value is -2.19. The van der Waals surface area contributed by atoms with Crippen LogP contribution in [0.1, 0.15) is 26.7 Å². The second kappa shape index (κ2) is 9.34. The number of nitrogens with one attached hydrogen (secondary N) is 1. The van der Waals surface area contributed by atoms with Crippen LogP contribution < -0.4 is 10.1 Å². The highest BCUT2D eigenvalue weighted by molar-refractivity contribution is 6.99. The number of carbonyl (C=O) groups excluding carboxylic acids is 2. The van der Waals surface area contributed by atoms with Crippen molar-refractivity contribution in [2.24, 2.45) is 5.92 Å². The monoisotopic (exact) mass is 422 g/mol. The Kier molecular flexibility index (Phi) is 6.85. The number of ether oxygens (including phenoxy) is 1. The topological polar surface area (TPSA) is 84.4 Å². The molecule has 150 valence electrons. The van der Waals surface area contributed by atoms with E-state index in [0.29, 0.717) is 29.7 Å². The maximum atomic E-state index is 12.6. The maximum Gasteiger partial charge on any atom is 0.260 e. The highest BCUT2D eigenvalue weighted by Crippen LogP contribution is 2.28. The predicted octanol–water partition coefficient (Wildman–Crippen LogP) is 3.00. The molecule has 1 aromatic carbocycles. The van der Waals surface area contributed by atoms with Crippen molar-refractivity contribution in [1.29, 1.82) is 0 Å². The Morgan fingerprint density at radius 3 is 2.79 bits per heavy atom. The number of amides is 2. The maximum absolute atomic E-state index is 12.6. The van der Waals surface area contributed by atoms with Crippen LogP contribution in [0.2, 0.25) is 5.02 Å². The number of rotatable bonds is 6. The first-order valence-electron chi connectivity index (χ1n) is 9.23.